The van der Waals surface area contributed by atoms with Crippen LogP contribution in [-0.2, 0) is 14.8 Å². The third-order valence-electron chi connectivity index (χ3n) is 5.43. The lowest BCUT2D eigenvalue weighted by atomic mass is 9.96. The summed E-state index contributed by atoms with van der Waals surface area (Å²) in [6.07, 6.45) is 5.12. The van der Waals surface area contributed by atoms with Crippen molar-refractivity contribution in [1.29, 1.82) is 0 Å². The van der Waals surface area contributed by atoms with Gasteiger partial charge in [-0.2, -0.15) is 4.31 Å². The molecule has 7 nitrogen and oxygen atoms in total. The molecule has 0 aliphatic heterocycles. The SMILES string of the molecule is COc1cccc(NCC(=O)Nc2ccc(S(=O)(=O)N(C)C3CCCCC3)cc2)c1. The number of methoxy groups -OCH3 is 1. The van der Waals surface area contributed by atoms with E-state index < -0.39 is 10.0 Å². The largest absolute Gasteiger partial charge is 0.497 e. The number of amides is 1. The number of carbonyl (C=O) groups is 1. The topological polar surface area (TPSA) is 87.7 Å². The number of anilines is 2. The summed E-state index contributed by atoms with van der Waals surface area (Å²) in [5.41, 5.74) is 1.32. The molecule has 8 heteroatoms. The van der Waals surface area contributed by atoms with Gasteiger partial charge in [-0.25, -0.2) is 8.42 Å². The highest BCUT2D eigenvalue weighted by molar-refractivity contribution is 7.89. The molecule has 2 N–H and O–H groups in total. The molecule has 1 fully saturated rings. The van der Waals surface area contributed by atoms with Gasteiger partial charge in [-0.15, -0.1) is 0 Å². The molecule has 1 amide bonds. The predicted octanol–water partition coefficient (Wildman–Crippen LogP) is 3.70. The quantitative estimate of drug-likeness (QED) is 0.665. The summed E-state index contributed by atoms with van der Waals surface area (Å²) in [7, 11) is -0.296. The first-order chi connectivity index (χ1) is 14.4. The number of rotatable bonds is 8. The molecular weight excluding hydrogens is 402 g/mol. The first-order valence-electron chi connectivity index (χ1n) is 10.2. The average Bonchev–Trinajstić information content (AvgIpc) is 2.78. The van der Waals surface area contributed by atoms with Crippen LogP contribution in [0.4, 0.5) is 11.4 Å². The number of sulfonamides is 1. The third-order valence-corrected chi connectivity index (χ3v) is 7.35. The lowest BCUT2D eigenvalue weighted by Crippen LogP contribution is -2.38. The molecule has 30 heavy (non-hydrogen) atoms. The fraction of sp³-hybridized carbons (Fsp3) is 0.409. The zero-order valence-corrected chi connectivity index (χ0v) is 18.2. The summed E-state index contributed by atoms with van der Waals surface area (Å²) in [5.74, 6) is 0.475. The van der Waals surface area contributed by atoms with E-state index in [2.05, 4.69) is 10.6 Å². The summed E-state index contributed by atoms with van der Waals surface area (Å²) >= 11 is 0. The van der Waals surface area contributed by atoms with E-state index in [0.29, 0.717) is 11.4 Å². The van der Waals surface area contributed by atoms with Crippen LogP contribution in [0.2, 0.25) is 0 Å². The van der Waals surface area contributed by atoms with Crippen LogP contribution < -0.4 is 15.4 Å². The van der Waals surface area contributed by atoms with Crippen LogP contribution in [0.3, 0.4) is 0 Å². The van der Waals surface area contributed by atoms with Crippen molar-refractivity contribution in [2.75, 3.05) is 31.3 Å². The fourth-order valence-electron chi connectivity index (χ4n) is 3.64. The number of carbonyl (C=O) groups excluding carboxylic acids is 1. The molecule has 162 valence electrons. The van der Waals surface area contributed by atoms with Gasteiger partial charge in [0, 0.05) is 30.5 Å². The number of ether oxygens (including phenoxy) is 1. The Kier molecular flexibility index (Phi) is 7.33. The smallest absolute Gasteiger partial charge is 0.243 e. The lowest BCUT2D eigenvalue weighted by molar-refractivity contribution is -0.114. The summed E-state index contributed by atoms with van der Waals surface area (Å²) in [5, 5.41) is 5.80. The molecule has 1 aliphatic carbocycles. The Labute approximate surface area is 178 Å². The zero-order chi connectivity index (χ0) is 21.6. The van der Waals surface area contributed by atoms with E-state index in [4.69, 9.17) is 4.74 Å². The Hall–Kier alpha value is -2.58. The lowest BCUT2D eigenvalue weighted by Gasteiger charge is -2.30. The standard InChI is InChI=1S/C22H29N3O4S/c1-25(19-8-4-3-5-9-19)30(27,28)21-13-11-17(12-14-21)24-22(26)16-23-18-7-6-10-20(15-18)29-2/h6-7,10-15,19,23H,3-5,8-9,16H2,1-2H3,(H,24,26). The number of benzene rings is 2. The summed E-state index contributed by atoms with van der Waals surface area (Å²) in [6.45, 7) is 0.0810. The maximum absolute atomic E-state index is 12.9. The Balaban J connectivity index is 1.57. The van der Waals surface area contributed by atoms with Crippen LogP contribution >= 0.6 is 0 Å². The number of nitrogens with one attached hydrogen (secondary N) is 2. The van der Waals surface area contributed by atoms with E-state index in [-0.39, 0.29) is 23.4 Å². The van der Waals surface area contributed by atoms with E-state index in [0.717, 1.165) is 31.4 Å². The molecule has 0 bridgehead atoms. The minimum atomic E-state index is -3.54. The highest BCUT2D eigenvalue weighted by atomic mass is 32.2. The molecule has 3 rings (SSSR count). The molecule has 1 saturated carbocycles. The van der Waals surface area contributed by atoms with Crippen molar-refractivity contribution < 1.29 is 17.9 Å². The van der Waals surface area contributed by atoms with Crippen LogP contribution in [0, 0.1) is 0 Å². The molecule has 0 unspecified atom stereocenters. The van der Waals surface area contributed by atoms with Gasteiger partial charge in [0.2, 0.25) is 15.9 Å². The maximum atomic E-state index is 12.9. The third kappa shape index (κ3) is 5.52. The van der Waals surface area contributed by atoms with Crippen molar-refractivity contribution in [3.8, 4) is 5.75 Å². The maximum Gasteiger partial charge on any atom is 0.243 e. The van der Waals surface area contributed by atoms with E-state index in [9.17, 15) is 13.2 Å². The highest BCUT2D eigenvalue weighted by Gasteiger charge is 2.28. The van der Waals surface area contributed by atoms with Gasteiger partial charge < -0.3 is 15.4 Å². The number of hydrogen-bond donors (Lipinski definition) is 2. The van der Waals surface area contributed by atoms with Gasteiger partial charge in [0.25, 0.3) is 0 Å². The van der Waals surface area contributed by atoms with Crippen molar-refractivity contribution in [2.24, 2.45) is 0 Å². The summed E-state index contributed by atoms with van der Waals surface area (Å²) in [6, 6.07) is 13.7. The van der Waals surface area contributed by atoms with Crippen molar-refractivity contribution in [1.82, 2.24) is 4.31 Å². The Morgan fingerprint density at radius 3 is 2.43 bits per heavy atom. The molecular formula is C22H29N3O4S. The number of hydrogen-bond acceptors (Lipinski definition) is 5. The van der Waals surface area contributed by atoms with Crippen molar-refractivity contribution in [3.63, 3.8) is 0 Å². The Morgan fingerprint density at radius 1 is 1.07 bits per heavy atom. The van der Waals surface area contributed by atoms with Gasteiger partial charge in [0.1, 0.15) is 5.75 Å². The average molecular weight is 432 g/mol. The number of nitrogens with zero attached hydrogens (tertiary/aromatic N) is 1. The molecule has 2 aromatic carbocycles. The van der Waals surface area contributed by atoms with E-state index in [1.54, 1.807) is 44.5 Å². The van der Waals surface area contributed by atoms with Gasteiger partial charge in [-0.05, 0) is 49.2 Å². The molecule has 2 aromatic rings. The predicted molar refractivity (Wildman–Crippen MR) is 118 cm³/mol. The van der Waals surface area contributed by atoms with Crippen LogP contribution in [0.25, 0.3) is 0 Å². The fourth-order valence-corrected chi connectivity index (χ4v) is 5.05. The van der Waals surface area contributed by atoms with Gasteiger partial charge >= 0.3 is 0 Å². The molecule has 0 saturated heterocycles. The minimum Gasteiger partial charge on any atom is -0.497 e. The molecule has 1 aliphatic rings. The van der Waals surface area contributed by atoms with Crippen LogP contribution in [0.15, 0.2) is 53.4 Å². The van der Waals surface area contributed by atoms with Crippen LogP contribution in [0.5, 0.6) is 5.75 Å². The van der Waals surface area contributed by atoms with E-state index >= 15 is 0 Å². The first-order valence-corrected chi connectivity index (χ1v) is 11.6. The molecule has 0 spiro atoms. The molecule has 0 aromatic heterocycles. The first kappa shape index (κ1) is 22.1. The van der Waals surface area contributed by atoms with Gasteiger partial charge in [0.15, 0.2) is 0 Å². The monoisotopic (exact) mass is 431 g/mol. The molecule has 0 atom stereocenters. The Bertz CT molecular complexity index is 955. The van der Waals surface area contributed by atoms with Crippen molar-refractivity contribution in [2.45, 2.75) is 43.0 Å². The van der Waals surface area contributed by atoms with Gasteiger partial charge in [0.05, 0.1) is 18.6 Å². The Morgan fingerprint density at radius 2 is 1.77 bits per heavy atom. The summed E-state index contributed by atoms with van der Waals surface area (Å²) in [4.78, 5) is 12.4. The van der Waals surface area contributed by atoms with Crippen molar-refractivity contribution >= 4 is 27.3 Å². The van der Waals surface area contributed by atoms with Crippen LogP contribution in [-0.4, -0.2) is 45.4 Å². The second-order valence-electron chi connectivity index (χ2n) is 7.47. The zero-order valence-electron chi connectivity index (χ0n) is 17.4. The molecule has 0 radical (unpaired) electrons. The second-order valence-corrected chi connectivity index (χ2v) is 9.47. The minimum absolute atomic E-state index is 0.0609. The van der Waals surface area contributed by atoms with Crippen molar-refractivity contribution in [3.05, 3.63) is 48.5 Å². The highest BCUT2D eigenvalue weighted by Crippen LogP contribution is 2.27. The summed E-state index contributed by atoms with van der Waals surface area (Å²) < 4.78 is 32.4. The normalized spacial score (nSPS) is 15.0. The van der Waals surface area contributed by atoms with Gasteiger partial charge in [-0.1, -0.05) is 25.3 Å². The second kappa shape index (κ2) is 9.95. The van der Waals surface area contributed by atoms with E-state index in [1.165, 1.54) is 10.7 Å². The molecule has 0 heterocycles. The van der Waals surface area contributed by atoms with E-state index in [1.807, 2.05) is 18.2 Å². The van der Waals surface area contributed by atoms with Crippen LogP contribution in [0.1, 0.15) is 32.1 Å². The van der Waals surface area contributed by atoms with Gasteiger partial charge in [-0.3, -0.25) is 4.79 Å².